The van der Waals surface area contributed by atoms with Crippen molar-refractivity contribution >= 4 is 34.5 Å². The van der Waals surface area contributed by atoms with Gasteiger partial charge in [-0.25, -0.2) is 5.43 Å². The average Bonchev–Trinajstić information content (AvgIpc) is 2.75. The number of aryl methyl sites for hydroxylation is 2. The molecule has 0 saturated carbocycles. The quantitative estimate of drug-likeness (QED) is 0.455. The van der Waals surface area contributed by atoms with Crippen molar-refractivity contribution in [3.8, 4) is 5.75 Å². The number of benzene rings is 3. The molecule has 0 radical (unpaired) electrons. The molecule has 0 spiro atoms. The molecule has 0 aliphatic heterocycles. The van der Waals surface area contributed by atoms with Crippen LogP contribution in [0.5, 0.6) is 5.75 Å². The number of carbonyl (C=O) groups excluding carboxylic acids is 2. The van der Waals surface area contributed by atoms with Crippen LogP contribution in [0, 0.1) is 13.8 Å². The van der Waals surface area contributed by atoms with E-state index in [1.165, 1.54) is 0 Å². The highest BCUT2D eigenvalue weighted by molar-refractivity contribution is 6.02. The van der Waals surface area contributed by atoms with Crippen LogP contribution in [0.3, 0.4) is 0 Å². The number of nitrogens with one attached hydrogen (secondary N) is 2. The van der Waals surface area contributed by atoms with Gasteiger partial charge in [-0.2, -0.15) is 5.10 Å². The number of rotatable bonds is 7. The maximum absolute atomic E-state index is 12.2. The molecule has 0 fully saturated rings. The van der Waals surface area contributed by atoms with Gasteiger partial charge >= 0.3 is 0 Å². The monoisotopic (exact) mass is 403 g/mol. The van der Waals surface area contributed by atoms with E-state index in [0.717, 1.165) is 33.2 Å². The SMILES string of the molecule is COc1ccc2ccccc2c1C=NNC(=O)CCC(=O)Nc1cc(C)ccc1C. The van der Waals surface area contributed by atoms with Crippen LogP contribution in [0.15, 0.2) is 59.7 Å². The number of fused-ring (bicyclic) bond motifs is 1. The van der Waals surface area contributed by atoms with Gasteiger partial charge in [-0.1, -0.05) is 42.5 Å². The third-order valence-electron chi connectivity index (χ3n) is 4.78. The average molecular weight is 403 g/mol. The molecule has 0 aliphatic rings. The second kappa shape index (κ2) is 9.69. The standard InChI is InChI=1S/C24H25N3O3/c1-16-8-9-17(2)21(14-16)26-23(28)12-13-24(29)27-25-15-20-19-7-5-4-6-18(19)10-11-22(20)30-3/h4-11,14-15H,12-13H2,1-3H3,(H,26,28)(H,27,29). The number of hydrazone groups is 1. The molecule has 2 N–H and O–H groups in total. The predicted octanol–water partition coefficient (Wildman–Crippen LogP) is 4.33. The zero-order chi connectivity index (χ0) is 21.5. The third kappa shape index (κ3) is 5.23. The summed E-state index contributed by atoms with van der Waals surface area (Å²) in [5.74, 6) is 0.125. The zero-order valence-electron chi connectivity index (χ0n) is 17.4. The van der Waals surface area contributed by atoms with Gasteiger partial charge in [-0.05, 0) is 47.9 Å². The number of ether oxygens (including phenoxy) is 1. The molecular formula is C24H25N3O3. The van der Waals surface area contributed by atoms with Crippen molar-refractivity contribution in [1.82, 2.24) is 5.43 Å². The molecule has 0 bridgehead atoms. The number of nitrogens with zero attached hydrogens (tertiary/aromatic N) is 1. The summed E-state index contributed by atoms with van der Waals surface area (Å²) in [6.07, 6.45) is 1.68. The highest BCUT2D eigenvalue weighted by Gasteiger charge is 2.09. The number of methoxy groups -OCH3 is 1. The Labute approximate surface area is 175 Å². The first-order chi connectivity index (χ1) is 14.5. The number of anilines is 1. The minimum atomic E-state index is -0.332. The lowest BCUT2D eigenvalue weighted by Crippen LogP contribution is -2.21. The lowest BCUT2D eigenvalue weighted by atomic mass is 10.0. The van der Waals surface area contributed by atoms with E-state index in [-0.39, 0.29) is 24.7 Å². The minimum absolute atomic E-state index is 0.0424. The van der Waals surface area contributed by atoms with Crippen molar-refractivity contribution < 1.29 is 14.3 Å². The maximum atomic E-state index is 12.2. The van der Waals surface area contributed by atoms with E-state index < -0.39 is 0 Å². The smallest absolute Gasteiger partial charge is 0.240 e. The Morgan fingerprint density at radius 2 is 1.77 bits per heavy atom. The number of hydrogen-bond donors (Lipinski definition) is 2. The summed E-state index contributed by atoms with van der Waals surface area (Å²) < 4.78 is 5.41. The van der Waals surface area contributed by atoms with Crippen molar-refractivity contribution in [2.24, 2.45) is 5.10 Å². The molecule has 3 rings (SSSR count). The third-order valence-corrected chi connectivity index (χ3v) is 4.78. The van der Waals surface area contributed by atoms with Gasteiger partial charge in [-0.3, -0.25) is 9.59 Å². The summed E-state index contributed by atoms with van der Waals surface area (Å²) >= 11 is 0. The van der Waals surface area contributed by atoms with Gasteiger partial charge in [0.1, 0.15) is 5.75 Å². The molecule has 0 aromatic heterocycles. The highest BCUT2D eigenvalue weighted by atomic mass is 16.5. The summed E-state index contributed by atoms with van der Waals surface area (Å²) in [7, 11) is 1.59. The Hall–Kier alpha value is -3.67. The second-order valence-corrected chi connectivity index (χ2v) is 7.06. The van der Waals surface area contributed by atoms with E-state index in [1.54, 1.807) is 13.3 Å². The van der Waals surface area contributed by atoms with Gasteiger partial charge in [0.05, 0.1) is 13.3 Å². The summed E-state index contributed by atoms with van der Waals surface area (Å²) in [6, 6.07) is 17.6. The van der Waals surface area contributed by atoms with E-state index in [4.69, 9.17) is 4.74 Å². The van der Waals surface area contributed by atoms with Gasteiger partial charge in [0, 0.05) is 24.1 Å². The number of carbonyl (C=O) groups is 2. The van der Waals surface area contributed by atoms with Crippen LogP contribution in [0.1, 0.15) is 29.5 Å². The van der Waals surface area contributed by atoms with Crippen LogP contribution in [0.25, 0.3) is 10.8 Å². The molecular weight excluding hydrogens is 378 g/mol. The fourth-order valence-electron chi connectivity index (χ4n) is 3.12. The Kier molecular flexibility index (Phi) is 6.80. The van der Waals surface area contributed by atoms with Crippen LogP contribution in [0.2, 0.25) is 0 Å². The van der Waals surface area contributed by atoms with Crippen LogP contribution in [0.4, 0.5) is 5.69 Å². The van der Waals surface area contributed by atoms with E-state index in [2.05, 4.69) is 15.8 Å². The van der Waals surface area contributed by atoms with Crippen LogP contribution >= 0.6 is 0 Å². The molecule has 0 heterocycles. The van der Waals surface area contributed by atoms with E-state index in [1.807, 2.05) is 68.4 Å². The molecule has 3 aromatic rings. The predicted molar refractivity (Wildman–Crippen MR) is 120 cm³/mol. The highest BCUT2D eigenvalue weighted by Crippen LogP contribution is 2.26. The molecule has 0 unspecified atom stereocenters. The van der Waals surface area contributed by atoms with Gasteiger partial charge in [0.15, 0.2) is 0 Å². The van der Waals surface area contributed by atoms with Gasteiger partial charge in [-0.15, -0.1) is 0 Å². The first-order valence-electron chi connectivity index (χ1n) is 9.72. The normalized spacial score (nSPS) is 10.9. The largest absolute Gasteiger partial charge is 0.496 e. The van der Waals surface area contributed by atoms with Crippen LogP contribution < -0.4 is 15.5 Å². The number of hydrogen-bond acceptors (Lipinski definition) is 4. The molecule has 0 aliphatic carbocycles. The van der Waals surface area contributed by atoms with E-state index >= 15 is 0 Å². The summed E-state index contributed by atoms with van der Waals surface area (Å²) in [4.78, 5) is 24.3. The van der Waals surface area contributed by atoms with Gasteiger partial charge < -0.3 is 10.1 Å². The van der Waals surface area contributed by atoms with Gasteiger partial charge in [0.2, 0.25) is 11.8 Å². The molecule has 6 heteroatoms. The lowest BCUT2D eigenvalue weighted by Gasteiger charge is -2.09. The number of amides is 2. The van der Waals surface area contributed by atoms with E-state index in [9.17, 15) is 9.59 Å². The first-order valence-corrected chi connectivity index (χ1v) is 9.72. The molecule has 2 amide bonds. The molecule has 154 valence electrons. The molecule has 0 atom stereocenters. The Balaban J connectivity index is 1.57. The van der Waals surface area contributed by atoms with E-state index in [0.29, 0.717) is 5.75 Å². The van der Waals surface area contributed by atoms with Crippen molar-refractivity contribution in [1.29, 1.82) is 0 Å². The van der Waals surface area contributed by atoms with Crippen molar-refractivity contribution in [3.05, 3.63) is 71.3 Å². The topological polar surface area (TPSA) is 79.8 Å². The molecule has 6 nitrogen and oxygen atoms in total. The summed E-state index contributed by atoms with van der Waals surface area (Å²) in [5, 5.41) is 8.93. The molecule has 0 saturated heterocycles. The Morgan fingerprint density at radius 1 is 1.00 bits per heavy atom. The Bertz CT molecular complexity index is 1110. The lowest BCUT2D eigenvalue weighted by molar-refractivity contribution is -0.124. The van der Waals surface area contributed by atoms with Crippen LogP contribution in [-0.4, -0.2) is 25.1 Å². The van der Waals surface area contributed by atoms with Crippen molar-refractivity contribution in [2.45, 2.75) is 26.7 Å². The van der Waals surface area contributed by atoms with Crippen LogP contribution in [-0.2, 0) is 9.59 Å². The summed E-state index contributed by atoms with van der Waals surface area (Å²) in [6.45, 7) is 3.89. The van der Waals surface area contributed by atoms with Crippen molar-refractivity contribution in [3.63, 3.8) is 0 Å². The van der Waals surface area contributed by atoms with Crippen molar-refractivity contribution in [2.75, 3.05) is 12.4 Å². The molecule has 30 heavy (non-hydrogen) atoms. The zero-order valence-corrected chi connectivity index (χ0v) is 17.4. The minimum Gasteiger partial charge on any atom is -0.496 e. The summed E-state index contributed by atoms with van der Waals surface area (Å²) in [5.41, 5.74) is 6.07. The second-order valence-electron chi connectivity index (χ2n) is 7.06. The fraction of sp³-hybridized carbons (Fsp3) is 0.208. The Morgan fingerprint density at radius 3 is 2.57 bits per heavy atom. The van der Waals surface area contributed by atoms with Gasteiger partial charge in [0.25, 0.3) is 0 Å². The first kappa shape index (κ1) is 21.0. The fourth-order valence-corrected chi connectivity index (χ4v) is 3.12. The maximum Gasteiger partial charge on any atom is 0.240 e. The molecule has 3 aromatic carbocycles.